The highest BCUT2D eigenvalue weighted by Crippen LogP contribution is 2.77. The van der Waals surface area contributed by atoms with E-state index in [4.69, 9.17) is 0 Å². The number of rotatable bonds is 3. The predicted molar refractivity (Wildman–Crippen MR) is 134 cm³/mol. The number of allylic oxidation sites excluding steroid dienone is 1. The molecule has 0 radical (unpaired) electrons. The van der Waals surface area contributed by atoms with E-state index in [9.17, 15) is 24.9 Å². The van der Waals surface area contributed by atoms with Gasteiger partial charge in [0.25, 0.3) is 0 Å². The number of aliphatic carboxylic acids is 1. The Labute approximate surface area is 210 Å². The Hall–Kier alpha value is -1.20. The van der Waals surface area contributed by atoms with Gasteiger partial charge in [0.1, 0.15) is 5.78 Å². The average Bonchev–Trinajstić information content (AvgIpc) is 3.19. The van der Waals surface area contributed by atoms with Crippen LogP contribution in [0.4, 0.5) is 0 Å². The van der Waals surface area contributed by atoms with Crippen molar-refractivity contribution in [3.8, 4) is 0 Å². The lowest BCUT2D eigenvalue weighted by Gasteiger charge is -2.73. The number of Topliss-reactive ketones (excluding diaryl/α,β-unsaturated/α-hetero) is 1. The van der Waals surface area contributed by atoms with Crippen molar-refractivity contribution in [1.29, 1.82) is 0 Å². The first kappa shape index (κ1) is 25.4. The number of carbonyl (C=O) groups is 2. The van der Waals surface area contributed by atoms with Crippen molar-refractivity contribution in [2.24, 2.45) is 56.7 Å². The molecule has 5 rings (SSSR count). The summed E-state index contributed by atoms with van der Waals surface area (Å²) in [5.41, 5.74) is -0.813. The fourth-order valence-electron chi connectivity index (χ4n) is 11.4. The van der Waals surface area contributed by atoms with Crippen molar-refractivity contribution in [2.75, 3.05) is 6.61 Å². The Morgan fingerprint density at radius 1 is 1.03 bits per heavy atom. The molecule has 0 unspecified atom stereocenters. The van der Waals surface area contributed by atoms with Gasteiger partial charge in [-0.25, -0.2) is 0 Å². The summed E-state index contributed by atoms with van der Waals surface area (Å²) in [5, 5.41) is 32.8. The molecule has 0 saturated heterocycles. The van der Waals surface area contributed by atoms with Crippen LogP contribution in [0, 0.1) is 56.7 Å². The molecule has 5 aliphatic rings. The minimum atomic E-state index is -0.743. The van der Waals surface area contributed by atoms with E-state index in [-0.39, 0.29) is 58.2 Å². The lowest BCUT2D eigenvalue weighted by atomic mass is 9.31. The highest BCUT2D eigenvalue weighted by Gasteiger charge is 2.74. The summed E-state index contributed by atoms with van der Waals surface area (Å²) in [5.74, 6) is -0.0384. The summed E-state index contributed by atoms with van der Waals surface area (Å²) in [4.78, 5) is 25.8. The quantitative estimate of drug-likeness (QED) is 0.474. The van der Waals surface area contributed by atoms with E-state index in [1.54, 1.807) is 0 Å². The van der Waals surface area contributed by atoms with Gasteiger partial charge in [-0.15, -0.1) is 0 Å². The third-order valence-corrected chi connectivity index (χ3v) is 13.3. The van der Waals surface area contributed by atoms with E-state index in [2.05, 4.69) is 34.3 Å². The number of aliphatic hydroxyl groups is 2. The molecule has 0 amide bonds. The SMILES string of the molecule is C=C(C)[C@@H]1CC[C@]2(C(=O)O)CC[C@]3(C)[C@H](C[C@@H](O)[C@@H]4[C@@]5(C)CCC(=O)[C@@](C)(CO)[C@@H]5CC[C@]43C)[C@@H]12. The van der Waals surface area contributed by atoms with Gasteiger partial charge >= 0.3 is 5.97 Å². The minimum Gasteiger partial charge on any atom is -0.481 e. The number of carboxylic acids is 1. The Kier molecular flexibility index (Phi) is 5.57. The van der Waals surface area contributed by atoms with Crippen molar-refractivity contribution in [3.05, 3.63) is 12.2 Å². The van der Waals surface area contributed by atoms with Gasteiger partial charge in [0.2, 0.25) is 0 Å². The van der Waals surface area contributed by atoms with Gasteiger partial charge in [-0.2, -0.15) is 0 Å². The van der Waals surface area contributed by atoms with Crippen LogP contribution < -0.4 is 0 Å². The van der Waals surface area contributed by atoms with Crippen LogP contribution in [0.25, 0.3) is 0 Å². The minimum absolute atomic E-state index is 0.0184. The number of aliphatic hydroxyl groups excluding tert-OH is 2. The summed E-state index contributed by atoms with van der Waals surface area (Å²) >= 11 is 0. The number of hydrogen-bond acceptors (Lipinski definition) is 4. The Morgan fingerprint density at radius 2 is 1.71 bits per heavy atom. The Balaban J connectivity index is 1.61. The van der Waals surface area contributed by atoms with Gasteiger partial charge in [0.05, 0.1) is 23.5 Å². The van der Waals surface area contributed by atoms with Gasteiger partial charge in [-0.1, -0.05) is 39.8 Å². The second-order valence-electron chi connectivity index (χ2n) is 14.3. The molecule has 5 heteroatoms. The summed E-state index contributed by atoms with van der Waals surface area (Å²) in [6.45, 7) is 15.2. The zero-order valence-corrected chi connectivity index (χ0v) is 22.4. The topological polar surface area (TPSA) is 94.8 Å². The molecule has 5 nitrogen and oxygen atoms in total. The van der Waals surface area contributed by atoms with E-state index in [0.29, 0.717) is 25.7 Å². The standard InChI is InChI=1S/C30H46O5/c1-17(2)18-7-12-30(25(34)35)14-13-28(5)19(23(18)30)15-20(32)24-26(3)10-9-22(33)27(4,16-31)21(26)8-11-29(24,28)6/h18-21,23-24,31-32H,1,7-16H2,2-6H3,(H,34,35)/t18-,19+,20+,21+,23+,24+,26-,27-,28+,29+,30-/m0/s1. The molecule has 5 aliphatic carbocycles. The largest absolute Gasteiger partial charge is 0.481 e. The molecule has 0 aromatic carbocycles. The summed E-state index contributed by atoms with van der Waals surface area (Å²) < 4.78 is 0. The van der Waals surface area contributed by atoms with Gasteiger partial charge in [-0.3, -0.25) is 9.59 Å². The maximum Gasteiger partial charge on any atom is 0.309 e. The molecular formula is C30H46O5. The normalized spacial score (nSPS) is 55.3. The third kappa shape index (κ3) is 2.89. The number of fused-ring (bicyclic) bond motifs is 7. The second-order valence-corrected chi connectivity index (χ2v) is 14.3. The molecule has 0 spiro atoms. The zero-order valence-electron chi connectivity index (χ0n) is 22.4. The van der Waals surface area contributed by atoms with Crippen LogP contribution in [0.5, 0.6) is 0 Å². The maximum atomic E-state index is 13.0. The monoisotopic (exact) mass is 486 g/mol. The molecule has 0 bridgehead atoms. The number of ketones is 1. The maximum absolute atomic E-state index is 13.0. The fourth-order valence-corrected chi connectivity index (χ4v) is 11.4. The van der Waals surface area contributed by atoms with Crippen molar-refractivity contribution in [3.63, 3.8) is 0 Å². The molecule has 0 aromatic heterocycles. The summed E-state index contributed by atoms with van der Waals surface area (Å²) in [6, 6.07) is 0. The van der Waals surface area contributed by atoms with Crippen LogP contribution in [0.15, 0.2) is 12.2 Å². The van der Waals surface area contributed by atoms with Crippen LogP contribution in [0.1, 0.15) is 92.4 Å². The fraction of sp³-hybridized carbons (Fsp3) is 0.867. The highest BCUT2D eigenvalue weighted by atomic mass is 16.4. The number of carboxylic acid groups (broad SMARTS) is 1. The third-order valence-electron chi connectivity index (χ3n) is 13.3. The van der Waals surface area contributed by atoms with Crippen LogP contribution in [0.2, 0.25) is 0 Å². The van der Waals surface area contributed by atoms with Crippen molar-refractivity contribution in [2.45, 2.75) is 98.5 Å². The van der Waals surface area contributed by atoms with Gasteiger partial charge in [-0.05, 0) is 104 Å². The molecule has 0 heterocycles. The smallest absolute Gasteiger partial charge is 0.309 e. The molecule has 0 aliphatic heterocycles. The van der Waals surface area contributed by atoms with E-state index in [1.165, 1.54) is 0 Å². The molecular weight excluding hydrogens is 440 g/mol. The average molecular weight is 487 g/mol. The zero-order chi connectivity index (χ0) is 25.8. The van der Waals surface area contributed by atoms with Gasteiger partial charge < -0.3 is 15.3 Å². The number of hydrogen-bond donors (Lipinski definition) is 3. The predicted octanol–water partition coefficient (Wildman–Crippen LogP) is 5.24. The number of carbonyl (C=O) groups excluding carboxylic acids is 1. The van der Waals surface area contributed by atoms with Gasteiger partial charge in [0.15, 0.2) is 0 Å². The molecule has 35 heavy (non-hydrogen) atoms. The second kappa shape index (κ2) is 7.66. The lowest BCUT2D eigenvalue weighted by molar-refractivity contribution is -0.267. The van der Waals surface area contributed by atoms with E-state index >= 15 is 0 Å². The van der Waals surface area contributed by atoms with Crippen LogP contribution in [0.3, 0.4) is 0 Å². The van der Waals surface area contributed by atoms with Crippen molar-refractivity contribution < 1.29 is 24.9 Å². The van der Waals surface area contributed by atoms with Crippen LogP contribution in [-0.2, 0) is 9.59 Å². The Morgan fingerprint density at radius 3 is 2.31 bits per heavy atom. The Bertz CT molecular complexity index is 958. The first-order valence-electron chi connectivity index (χ1n) is 13.9. The molecule has 3 N–H and O–H groups in total. The molecule has 11 atom stereocenters. The first-order chi connectivity index (χ1) is 16.2. The highest BCUT2D eigenvalue weighted by molar-refractivity contribution is 5.86. The van der Waals surface area contributed by atoms with Crippen molar-refractivity contribution >= 4 is 11.8 Å². The van der Waals surface area contributed by atoms with Crippen LogP contribution in [-0.4, -0.2) is 39.8 Å². The molecule has 5 fully saturated rings. The first-order valence-corrected chi connectivity index (χ1v) is 13.9. The van der Waals surface area contributed by atoms with Crippen molar-refractivity contribution in [1.82, 2.24) is 0 Å². The van der Waals surface area contributed by atoms with Gasteiger partial charge in [0, 0.05) is 6.42 Å². The molecule has 5 saturated carbocycles. The molecule has 196 valence electrons. The molecule has 0 aromatic rings. The van der Waals surface area contributed by atoms with Crippen LogP contribution >= 0.6 is 0 Å². The van der Waals surface area contributed by atoms with E-state index in [0.717, 1.165) is 37.7 Å². The lowest BCUT2D eigenvalue weighted by Crippen LogP contribution is -2.70. The summed E-state index contributed by atoms with van der Waals surface area (Å²) in [7, 11) is 0. The van der Waals surface area contributed by atoms with E-state index < -0.39 is 22.9 Å². The summed E-state index contributed by atoms with van der Waals surface area (Å²) in [6.07, 6.45) is 6.29. The van der Waals surface area contributed by atoms with E-state index in [1.807, 2.05) is 6.92 Å².